The highest BCUT2D eigenvalue weighted by Crippen LogP contribution is 2.35. The van der Waals surface area contributed by atoms with Crippen molar-refractivity contribution >= 4 is 45.2 Å². The first-order chi connectivity index (χ1) is 19.0. The molecule has 10 heteroatoms. The number of H-pyrrole nitrogens is 1. The number of aromatic amines is 1. The van der Waals surface area contributed by atoms with E-state index < -0.39 is 5.97 Å². The number of nitrogens with one attached hydrogen (secondary N) is 3. The summed E-state index contributed by atoms with van der Waals surface area (Å²) < 4.78 is 17.8. The third kappa shape index (κ3) is 4.61. The number of amides is 1. The number of fused-ring (bicyclic) bond motifs is 3. The van der Waals surface area contributed by atoms with Gasteiger partial charge in [-0.2, -0.15) is 0 Å². The molecule has 0 saturated carbocycles. The summed E-state index contributed by atoms with van der Waals surface area (Å²) in [7, 11) is 1.33. The van der Waals surface area contributed by atoms with Gasteiger partial charge in [0.2, 0.25) is 12.7 Å². The van der Waals surface area contributed by atoms with Crippen molar-refractivity contribution in [2.75, 3.05) is 24.5 Å². The number of methoxy groups -OCH3 is 1. The number of nitrogens with zero attached hydrogens (tertiary/aromatic N) is 2. The molecular formula is C29H27N5O5. The summed E-state index contributed by atoms with van der Waals surface area (Å²) in [6.07, 6.45) is 4.34. The summed E-state index contributed by atoms with van der Waals surface area (Å²) in [6, 6.07) is 15.7. The highest BCUT2D eigenvalue weighted by molar-refractivity contribution is 6.11. The van der Waals surface area contributed by atoms with Crippen molar-refractivity contribution in [3.63, 3.8) is 0 Å². The Morgan fingerprint density at radius 1 is 1.10 bits per heavy atom. The van der Waals surface area contributed by atoms with Crippen molar-refractivity contribution in [2.24, 2.45) is 0 Å². The number of esters is 1. The Labute approximate surface area is 223 Å². The predicted molar refractivity (Wildman–Crippen MR) is 147 cm³/mol. The van der Waals surface area contributed by atoms with Crippen LogP contribution >= 0.6 is 0 Å². The minimum Gasteiger partial charge on any atom is -0.464 e. The van der Waals surface area contributed by atoms with Crippen molar-refractivity contribution in [3.05, 3.63) is 77.7 Å². The van der Waals surface area contributed by atoms with E-state index in [-0.39, 0.29) is 18.4 Å². The molecule has 39 heavy (non-hydrogen) atoms. The van der Waals surface area contributed by atoms with Gasteiger partial charge in [-0.15, -0.1) is 0 Å². The Bertz CT molecular complexity index is 1720. The number of pyridine rings is 1. The number of para-hydroxylation sites is 1. The van der Waals surface area contributed by atoms with E-state index in [9.17, 15) is 9.59 Å². The molecule has 0 radical (unpaired) electrons. The molecule has 1 aliphatic rings. The lowest BCUT2D eigenvalue weighted by molar-refractivity contribution is -0.114. The normalized spacial score (nSPS) is 12.2. The van der Waals surface area contributed by atoms with Gasteiger partial charge in [0.05, 0.1) is 24.7 Å². The maximum Gasteiger partial charge on any atom is 0.356 e. The lowest BCUT2D eigenvalue weighted by Crippen LogP contribution is -2.16. The first-order valence-electron chi connectivity index (χ1n) is 12.6. The number of hydrogen-bond acceptors (Lipinski definition) is 7. The number of rotatable bonds is 8. The van der Waals surface area contributed by atoms with E-state index in [1.807, 2.05) is 53.2 Å². The smallest absolute Gasteiger partial charge is 0.356 e. The summed E-state index contributed by atoms with van der Waals surface area (Å²) in [5, 5.41) is 7.97. The molecule has 0 fully saturated rings. The molecule has 0 unspecified atom stereocenters. The van der Waals surface area contributed by atoms with E-state index in [4.69, 9.17) is 19.2 Å². The fourth-order valence-corrected chi connectivity index (χ4v) is 4.98. The molecule has 0 atom stereocenters. The first-order valence-corrected chi connectivity index (χ1v) is 12.6. The van der Waals surface area contributed by atoms with Gasteiger partial charge in [0.1, 0.15) is 5.65 Å². The average Bonchev–Trinajstić information content (AvgIpc) is 3.66. The third-order valence-corrected chi connectivity index (χ3v) is 6.79. The standard InChI is InChI=1S/C29H27N5O5/c1-17(35)33-26-22-12-20(30-13-18-7-8-24-25(11-18)39-16-38-24)15-32-28(22)34(27(26)29(36)37-2)10-9-19-14-31-23-6-4-3-5-21(19)23/h3-8,11-12,14-15,30-31H,9-10,13,16H2,1-2H3,(H,33,35). The van der Waals surface area contributed by atoms with Gasteiger partial charge >= 0.3 is 5.97 Å². The summed E-state index contributed by atoms with van der Waals surface area (Å²) in [5.74, 6) is 0.594. The zero-order valence-corrected chi connectivity index (χ0v) is 21.5. The van der Waals surface area contributed by atoms with E-state index in [2.05, 4.69) is 21.7 Å². The van der Waals surface area contributed by atoms with Crippen LogP contribution in [0.4, 0.5) is 11.4 Å². The Kier molecular flexibility index (Phi) is 6.28. The van der Waals surface area contributed by atoms with E-state index >= 15 is 0 Å². The van der Waals surface area contributed by atoms with Crippen LogP contribution < -0.4 is 20.1 Å². The van der Waals surface area contributed by atoms with Gasteiger partial charge in [-0.3, -0.25) is 4.79 Å². The molecule has 6 rings (SSSR count). The van der Waals surface area contributed by atoms with Gasteiger partial charge in [0.15, 0.2) is 17.2 Å². The van der Waals surface area contributed by atoms with Gasteiger partial charge < -0.3 is 34.4 Å². The number of aryl methyl sites for hydroxylation is 2. The number of carbonyl (C=O) groups is 2. The number of carbonyl (C=O) groups excluding carboxylic acids is 2. The SMILES string of the molecule is COC(=O)c1c(NC(C)=O)c2cc(NCc3ccc4c(c3)OCO4)cnc2n1CCc1c[nH]c2ccccc12. The second kappa shape index (κ2) is 10.1. The van der Waals surface area contributed by atoms with Crippen LogP contribution in [-0.2, 0) is 29.0 Å². The summed E-state index contributed by atoms with van der Waals surface area (Å²) in [5.41, 5.74) is 5.11. The Morgan fingerprint density at radius 3 is 2.79 bits per heavy atom. The minimum atomic E-state index is -0.550. The predicted octanol–water partition coefficient (Wildman–Crippen LogP) is 4.85. The molecule has 5 aromatic rings. The molecular weight excluding hydrogens is 498 g/mol. The minimum absolute atomic E-state index is 0.221. The first kappa shape index (κ1) is 24.4. The highest BCUT2D eigenvalue weighted by Gasteiger charge is 2.26. The lowest BCUT2D eigenvalue weighted by Gasteiger charge is -2.10. The molecule has 10 nitrogen and oxygen atoms in total. The van der Waals surface area contributed by atoms with Crippen LogP contribution in [0.15, 0.2) is 60.9 Å². The van der Waals surface area contributed by atoms with Crippen molar-refractivity contribution in [1.82, 2.24) is 14.5 Å². The van der Waals surface area contributed by atoms with Gasteiger partial charge in [-0.05, 0) is 41.8 Å². The Morgan fingerprint density at radius 2 is 1.95 bits per heavy atom. The highest BCUT2D eigenvalue weighted by atomic mass is 16.7. The van der Waals surface area contributed by atoms with E-state index in [0.717, 1.165) is 33.5 Å². The van der Waals surface area contributed by atoms with Crippen LogP contribution in [0, 0.1) is 0 Å². The van der Waals surface area contributed by atoms with Crippen molar-refractivity contribution in [2.45, 2.75) is 26.4 Å². The van der Waals surface area contributed by atoms with Gasteiger partial charge in [0, 0.05) is 42.5 Å². The van der Waals surface area contributed by atoms with E-state index in [1.54, 1.807) is 6.20 Å². The maximum absolute atomic E-state index is 13.0. The lowest BCUT2D eigenvalue weighted by atomic mass is 10.1. The van der Waals surface area contributed by atoms with Crippen molar-refractivity contribution in [1.29, 1.82) is 0 Å². The molecule has 1 amide bonds. The summed E-state index contributed by atoms with van der Waals surface area (Å²) in [4.78, 5) is 33.2. The van der Waals surface area contributed by atoms with E-state index in [0.29, 0.717) is 42.0 Å². The topological polar surface area (TPSA) is 120 Å². The maximum atomic E-state index is 13.0. The quantitative estimate of drug-likeness (QED) is 0.248. The van der Waals surface area contributed by atoms with Crippen molar-refractivity contribution < 1.29 is 23.8 Å². The number of anilines is 2. The van der Waals surface area contributed by atoms with Gasteiger partial charge in [-0.1, -0.05) is 24.3 Å². The zero-order chi connectivity index (χ0) is 26.9. The molecule has 198 valence electrons. The molecule has 0 spiro atoms. The van der Waals surface area contributed by atoms with Crippen LogP contribution in [0.3, 0.4) is 0 Å². The second-order valence-electron chi connectivity index (χ2n) is 9.29. The average molecular weight is 526 g/mol. The molecule has 3 aromatic heterocycles. The molecule has 4 heterocycles. The number of benzene rings is 2. The van der Waals surface area contributed by atoms with Crippen LogP contribution in [0.25, 0.3) is 21.9 Å². The Balaban J connectivity index is 1.35. The van der Waals surface area contributed by atoms with E-state index in [1.165, 1.54) is 14.0 Å². The number of aromatic nitrogens is 3. The number of ether oxygens (including phenoxy) is 3. The fourth-order valence-electron chi connectivity index (χ4n) is 4.98. The van der Waals surface area contributed by atoms with Crippen LogP contribution in [0.1, 0.15) is 28.5 Å². The largest absolute Gasteiger partial charge is 0.464 e. The summed E-state index contributed by atoms with van der Waals surface area (Å²) >= 11 is 0. The molecule has 1 aliphatic heterocycles. The summed E-state index contributed by atoms with van der Waals surface area (Å²) in [6.45, 7) is 2.60. The van der Waals surface area contributed by atoms with Crippen LogP contribution in [0.2, 0.25) is 0 Å². The molecule has 0 aliphatic carbocycles. The second-order valence-corrected chi connectivity index (χ2v) is 9.29. The van der Waals surface area contributed by atoms with Crippen LogP contribution in [0.5, 0.6) is 11.5 Å². The molecule has 2 aromatic carbocycles. The van der Waals surface area contributed by atoms with Crippen molar-refractivity contribution in [3.8, 4) is 11.5 Å². The third-order valence-electron chi connectivity index (χ3n) is 6.79. The van der Waals surface area contributed by atoms with Crippen LogP contribution in [-0.4, -0.2) is 40.3 Å². The monoisotopic (exact) mass is 525 g/mol. The molecule has 0 saturated heterocycles. The number of hydrogen-bond donors (Lipinski definition) is 3. The Hall–Kier alpha value is -4.99. The molecule has 3 N–H and O–H groups in total. The van der Waals surface area contributed by atoms with Gasteiger partial charge in [0.25, 0.3) is 0 Å². The fraction of sp³-hybridized carbons (Fsp3) is 0.207. The zero-order valence-electron chi connectivity index (χ0n) is 21.5. The molecule has 0 bridgehead atoms. The van der Waals surface area contributed by atoms with Gasteiger partial charge in [-0.25, -0.2) is 9.78 Å².